The lowest BCUT2D eigenvalue weighted by Gasteiger charge is -2.11. The van der Waals surface area contributed by atoms with Gasteiger partial charge in [0.25, 0.3) is 0 Å². The van der Waals surface area contributed by atoms with Crippen LogP contribution in [-0.4, -0.2) is 13.1 Å². The van der Waals surface area contributed by atoms with Gasteiger partial charge in [-0.3, -0.25) is 0 Å². The molecule has 0 amide bonds. The average Bonchev–Trinajstić information content (AvgIpc) is 2.74. The van der Waals surface area contributed by atoms with Crippen molar-refractivity contribution in [2.75, 3.05) is 12.4 Å². The van der Waals surface area contributed by atoms with Crippen molar-refractivity contribution in [3.8, 4) is 5.75 Å². The van der Waals surface area contributed by atoms with Gasteiger partial charge in [-0.05, 0) is 29.3 Å². The Labute approximate surface area is 165 Å². The molecule has 0 unspecified atom stereocenters. The van der Waals surface area contributed by atoms with Crippen molar-refractivity contribution in [3.05, 3.63) is 95.6 Å². The van der Waals surface area contributed by atoms with Crippen LogP contribution in [-0.2, 0) is 24.5 Å². The van der Waals surface area contributed by atoms with Crippen LogP contribution in [0.1, 0.15) is 16.7 Å². The highest BCUT2D eigenvalue weighted by Crippen LogP contribution is 2.17. The molecule has 3 N–H and O–H groups in total. The Morgan fingerprint density at radius 1 is 0.857 bits per heavy atom. The Kier molecular flexibility index (Phi) is 7.04. The second-order valence-corrected chi connectivity index (χ2v) is 6.33. The van der Waals surface area contributed by atoms with Crippen molar-refractivity contribution < 1.29 is 9.47 Å². The summed E-state index contributed by atoms with van der Waals surface area (Å²) in [6, 6.07) is 25.9. The zero-order valence-electron chi connectivity index (χ0n) is 16.0. The number of nitrogens with two attached hydrogens (primary N) is 1. The fraction of sp³-hybridized carbons (Fsp3) is 0.174. The molecular formula is C23H25N3O2. The summed E-state index contributed by atoms with van der Waals surface area (Å²) in [4.78, 5) is 4.42. The highest BCUT2D eigenvalue weighted by atomic mass is 16.5. The molecule has 5 nitrogen and oxygen atoms in total. The largest absolute Gasteiger partial charge is 0.489 e. The summed E-state index contributed by atoms with van der Waals surface area (Å²) in [7, 11) is 1.67. The molecule has 5 heteroatoms. The number of benzene rings is 3. The first-order valence-electron chi connectivity index (χ1n) is 9.14. The predicted octanol–water partition coefficient (Wildman–Crippen LogP) is 4.34. The Morgan fingerprint density at radius 3 is 2.32 bits per heavy atom. The molecule has 0 radical (unpaired) electrons. The van der Waals surface area contributed by atoms with Crippen LogP contribution in [0.15, 0.2) is 83.9 Å². The summed E-state index contributed by atoms with van der Waals surface area (Å²) in [6.45, 7) is 1.56. The smallest absolute Gasteiger partial charge is 0.193 e. The highest BCUT2D eigenvalue weighted by molar-refractivity contribution is 5.92. The van der Waals surface area contributed by atoms with Crippen LogP contribution in [0.25, 0.3) is 0 Å². The lowest BCUT2D eigenvalue weighted by Crippen LogP contribution is -2.23. The van der Waals surface area contributed by atoms with Gasteiger partial charge >= 0.3 is 0 Å². The highest BCUT2D eigenvalue weighted by Gasteiger charge is 2.03. The summed E-state index contributed by atoms with van der Waals surface area (Å²) in [6.07, 6.45) is 0. The van der Waals surface area contributed by atoms with E-state index in [4.69, 9.17) is 15.2 Å². The van der Waals surface area contributed by atoms with Crippen molar-refractivity contribution in [2.45, 2.75) is 19.8 Å². The molecule has 0 fully saturated rings. The molecule has 3 aromatic rings. The van der Waals surface area contributed by atoms with Gasteiger partial charge in [-0.25, -0.2) is 4.99 Å². The van der Waals surface area contributed by atoms with Crippen LogP contribution in [0.2, 0.25) is 0 Å². The fourth-order valence-electron chi connectivity index (χ4n) is 2.71. The Hall–Kier alpha value is -3.31. The van der Waals surface area contributed by atoms with E-state index < -0.39 is 0 Å². The first kappa shape index (κ1) is 19.5. The maximum atomic E-state index is 6.03. The monoisotopic (exact) mass is 375 g/mol. The van der Waals surface area contributed by atoms with E-state index in [2.05, 4.69) is 10.3 Å². The summed E-state index contributed by atoms with van der Waals surface area (Å²) in [5.74, 6) is 1.20. The number of ether oxygens (including phenoxy) is 2. The molecule has 0 saturated heterocycles. The minimum atomic E-state index is 0.368. The number of nitrogens with one attached hydrogen (secondary N) is 1. The standard InChI is InChI=1S/C23H25N3O2/c1-27-17-20-9-5-6-10-22(20)26-23(24)25-15-18-11-13-21(14-12-18)28-16-19-7-3-2-4-8-19/h2-14H,15-17H2,1H3,(H3,24,25,26). The normalized spacial score (nSPS) is 11.2. The van der Waals surface area contributed by atoms with E-state index >= 15 is 0 Å². The first-order valence-corrected chi connectivity index (χ1v) is 9.14. The van der Waals surface area contributed by atoms with Gasteiger partial charge in [0.2, 0.25) is 0 Å². The van der Waals surface area contributed by atoms with Gasteiger partial charge < -0.3 is 20.5 Å². The number of para-hydroxylation sites is 1. The number of hydrogen-bond donors (Lipinski definition) is 2. The van der Waals surface area contributed by atoms with Crippen molar-refractivity contribution in [1.82, 2.24) is 0 Å². The second-order valence-electron chi connectivity index (χ2n) is 6.33. The van der Waals surface area contributed by atoms with Crippen molar-refractivity contribution in [2.24, 2.45) is 10.7 Å². The number of guanidine groups is 1. The summed E-state index contributed by atoms with van der Waals surface area (Å²) < 4.78 is 11.0. The number of aliphatic imine (C=N–C) groups is 1. The van der Waals surface area contributed by atoms with E-state index in [1.807, 2.05) is 78.9 Å². The van der Waals surface area contributed by atoms with Crippen molar-refractivity contribution in [3.63, 3.8) is 0 Å². The molecule has 3 aromatic carbocycles. The third-order valence-electron chi connectivity index (χ3n) is 4.18. The van der Waals surface area contributed by atoms with Gasteiger partial charge in [-0.2, -0.15) is 0 Å². The van der Waals surface area contributed by atoms with Gasteiger partial charge in [0.15, 0.2) is 5.96 Å². The van der Waals surface area contributed by atoms with Gasteiger partial charge in [-0.1, -0.05) is 60.7 Å². The van der Waals surface area contributed by atoms with Crippen LogP contribution in [0.4, 0.5) is 5.69 Å². The third kappa shape index (κ3) is 5.86. The topological polar surface area (TPSA) is 68.9 Å². The molecular weight excluding hydrogens is 350 g/mol. The number of methoxy groups -OCH3 is 1. The molecule has 0 spiro atoms. The maximum absolute atomic E-state index is 6.03. The van der Waals surface area contributed by atoms with Gasteiger partial charge in [0, 0.05) is 18.4 Å². The minimum absolute atomic E-state index is 0.368. The maximum Gasteiger partial charge on any atom is 0.193 e. The van der Waals surface area contributed by atoms with Crippen molar-refractivity contribution in [1.29, 1.82) is 0 Å². The Bertz CT molecular complexity index is 893. The molecule has 28 heavy (non-hydrogen) atoms. The third-order valence-corrected chi connectivity index (χ3v) is 4.18. The molecule has 0 aliphatic rings. The summed E-state index contributed by atoms with van der Waals surface area (Å²) >= 11 is 0. The fourth-order valence-corrected chi connectivity index (χ4v) is 2.71. The zero-order valence-corrected chi connectivity index (χ0v) is 16.0. The van der Waals surface area contributed by atoms with Crippen LogP contribution < -0.4 is 15.8 Å². The molecule has 3 rings (SSSR count). The Morgan fingerprint density at radius 2 is 1.57 bits per heavy atom. The van der Waals surface area contributed by atoms with Gasteiger partial charge in [0.1, 0.15) is 12.4 Å². The Balaban J connectivity index is 1.53. The van der Waals surface area contributed by atoms with E-state index in [-0.39, 0.29) is 0 Å². The van der Waals surface area contributed by atoms with E-state index in [1.165, 1.54) is 0 Å². The first-order chi connectivity index (χ1) is 13.7. The van der Waals surface area contributed by atoms with E-state index in [0.717, 1.165) is 28.1 Å². The van der Waals surface area contributed by atoms with Crippen molar-refractivity contribution >= 4 is 11.6 Å². The summed E-state index contributed by atoms with van der Waals surface area (Å²) in [5, 5.41) is 3.14. The molecule has 0 aliphatic heterocycles. The SMILES string of the molecule is COCc1ccccc1NC(N)=NCc1ccc(OCc2ccccc2)cc1. The molecule has 0 atom stereocenters. The minimum Gasteiger partial charge on any atom is -0.489 e. The lowest BCUT2D eigenvalue weighted by atomic mass is 10.2. The molecule has 0 saturated carbocycles. The lowest BCUT2D eigenvalue weighted by molar-refractivity contribution is 0.185. The molecule has 144 valence electrons. The molecule has 0 bridgehead atoms. The zero-order chi connectivity index (χ0) is 19.6. The van der Waals surface area contributed by atoms with E-state index in [0.29, 0.717) is 25.7 Å². The number of hydrogen-bond acceptors (Lipinski definition) is 3. The van der Waals surface area contributed by atoms with Crippen LogP contribution in [0.3, 0.4) is 0 Å². The van der Waals surface area contributed by atoms with Crippen LogP contribution >= 0.6 is 0 Å². The molecule has 0 aromatic heterocycles. The number of rotatable bonds is 8. The van der Waals surface area contributed by atoms with Gasteiger partial charge in [0.05, 0.1) is 13.2 Å². The van der Waals surface area contributed by atoms with Gasteiger partial charge in [-0.15, -0.1) is 0 Å². The molecule has 0 heterocycles. The van der Waals surface area contributed by atoms with E-state index in [1.54, 1.807) is 7.11 Å². The van der Waals surface area contributed by atoms with Crippen LogP contribution in [0, 0.1) is 0 Å². The summed E-state index contributed by atoms with van der Waals surface area (Å²) in [5.41, 5.74) is 10.2. The van der Waals surface area contributed by atoms with E-state index in [9.17, 15) is 0 Å². The number of anilines is 1. The second kappa shape index (κ2) is 10.1. The average molecular weight is 375 g/mol. The number of nitrogens with zero attached hydrogens (tertiary/aromatic N) is 1. The quantitative estimate of drug-likeness (QED) is 0.454. The molecule has 0 aliphatic carbocycles. The van der Waals surface area contributed by atoms with Crippen LogP contribution in [0.5, 0.6) is 5.75 Å². The predicted molar refractivity (Wildman–Crippen MR) is 113 cm³/mol.